The smallest absolute Gasteiger partial charge is 0.316 e. The fourth-order valence-corrected chi connectivity index (χ4v) is 1.90. The van der Waals surface area contributed by atoms with Crippen molar-refractivity contribution >= 4 is 22.7 Å². The molecular formula is C13H14F8O4S2. The number of rotatable bonds is 7. The molecule has 0 aliphatic rings. The second kappa shape index (κ2) is 8.92. The van der Waals surface area contributed by atoms with Gasteiger partial charge in [0.05, 0.1) is 6.61 Å². The fourth-order valence-electron chi connectivity index (χ4n) is 1.28. The van der Waals surface area contributed by atoms with Gasteiger partial charge in [-0.05, 0) is 18.6 Å². The van der Waals surface area contributed by atoms with E-state index in [4.69, 9.17) is 4.55 Å². The number of thiol groups is 1. The summed E-state index contributed by atoms with van der Waals surface area (Å²) in [5.74, 6) is -14.0. The van der Waals surface area contributed by atoms with Gasteiger partial charge < -0.3 is 4.74 Å². The van der Waals surface area contributed by atoms with Crippen LogP contribution in [-0.4, -0.2) is 42.8 Å². The number of halogens is 8. The zero-order chi connectivity index (χ0) is 21.7. The monoisotopic (exact) mass is 450 g/mol. The number of benzene rings is 1. The van der Waals surface area contributed by atoms with Gasteiger partial charge in [-0.15, -0.1) is 12.6 Å². The van der Waals surface area contributed by atoms with E-state index < -0.39 is 39.9 Å². The quantitative estimate of drug-likeness (QED) is 0.358. The number of alkyl halides is 8. The van der Waals surface area contributed by atoms with Crippen LogP contribution < -0.4 is 0 Å². The lowest BCUT2D eigenvalue weighted by Crippen LogP contribution is -2.64. The molecule has 158 valence electrons. The van der Waals surface area contributed by atoms with E-state index in [-0.39, 0.29) is 6.42 Å². The molecule has 0 aliphatic heterocycles. The molecule has 0 saturated heterocycles. The fraction of sp³-hybridized carbons (Fsp3) is 0.538. The van der Waals surface area contributed by atoms with E-state index in [0.29, 0.717) is 0 Å². The van der Waals surface area contributed by atoms with Crippen LogP contribution in [0.5, 0.6) is 0 Å². The van der Waals surface area contributed by atoms with Crippen molar-refractivity contribution in [3.63, 3.8) is 0 Å². The molecule has 0 atom stereocenters. The molecule has 0 heterocycles. The van der Waals surface area contributed by atoms with Gasteiger partial charge in [-0.25, -0.2) is 0 Å². The molecule has 14 heteroatoms. The molecule has 0 aliphatic carbocycles. The summed E-state index contributed by atoms with van der Waals surface area (Å²) in [6, 6.07) is 9.79. The average molecular weight is 450 g/mol. The highest BCUT2D eigenvalue weighted by atomic mass is 32.2. The first-order valence-corrected chi connectivity index (χ1v) is 8.70. The van der Waals surface area contributed by atoms with E-state index in [1.165, 1.54) is 0 Å². The Kier molecular flexibility index (Phi) is 8.55. The summed E-state index contributed by atoms with van der Waals surface area (Å²) in [6.45, 7) is -0.0602. The Morgan fingerprint density at radius 1 is 0.963 bits per heavy atom. The lowest BCUT2D eigenvalue weighted by atomic mass is 10.1. The standard InChI is InChI=1S/C7H8F8O4S.C6H6S/c1-2-3-19-6(12,13)4(8,9)5(10,11)7(14,15)20(16,17)18;7-6-4-2-1-3-5-6/h2-3H2,1H3,(H,16,17,18);1-5,7H. The Bertz CT molecular complexity index is 696. The topological polar surface area (TPSA) is 63.6 Å². The molecule has 0 saturated carbocycles. The summed E-state index contributed by atoms with van der Waals surface area (Å²) in [6.07, 6.45) is -6.42. The van der Waals surface area contributed by atoms with Gasteiger partial charge in [0.1, 0.15) is 0 Å². The molecule has 0 fully saturated rings. The van der Waals surface area contributed by atoms with Gasteiger partial charge in [-0.3, -0.25) is 4.55 Å². The second-order valence-corrected chi connectivity index (χ2v) is 6.82. The lowest BCUT2D eigenvalue weighted by molar-refractivity contribution is -0.417. The van der Waals surface area contributed by atoms with Crippen LogP contribution in [0.2, 0.25) is 0 Å². The van der Waals surface area contributed by atoms with Crippen LogP contribution in [-0.2, 0) is 14.9 Å². The largest absolute Gasteiger partial charge is 0.438 e. The third kappa shape index (κ3) is 5.68. The molecule has 0 bridgehead atoms. The molecule has 1 N–H and O–H groups in total. The van der Waals surface area contributed by atoms with E-state index in [2.05, 4.69) is 17.4 Å². The zero-order valence-electron chi connectivity index (χ0n) is 13.4. The Labute approximate surface area is 154 Å². The first-order valence-electron chi connectivity index (χ1n) is 6.82. The van der Waals surface area contributed by atoms with Crippen molar-refractivity contribution in [2.75, 3.05) is 6.61 Å². The summed E-state index contributed by atoms with van der Waals surface area (Å²) in [4.78, 5) is 1.02. The van der Waals surface area contributed by atoms with Crippen molar-refractivity contribution in [1.29, 1.82) is 0 Å². The average Bonchev–Trinajstić information content (AvgIpc) is 2.52. The Balaban J connectivity index is 0.000000797. The van der Waals surface area contributed by atoms with Gasteiger partial charge in [0.25, 0.3) is 0 Å². The van der Waals surface area contributed by atoms with Crippen molar-refractivity contribution in [2.24, 2.45) is 0 Å². The first-order chi connectivity index (χ1) is 12.0. The van der Waals surface area contributed by atoms with Gasteiger partial charge in [0.15, 0.2) is 0 Å². The van der Waals surface area contributed by atoms with E-state index in [0.717, 1.165) is 11.8 Å². The number of hydrogen-bond acceptors (Lipinski definition) is 4. The predicted molar refractivity (Wildman–Crippen MR) is 81.3 cm³/mol. The predicted octanol–water partition coefficient (Wildman–Crippen LogP) is 4.73. The minimum atomic E-state index is -7.12. The highest BCUT2D eigenvalue weighted by Gasteiger charge is 2.85. The van der Waals surface area contributed by atoms with Gasteiger partial charge in [-0.2, -0.15) is 43.5 Å². The molecule has 4 nitrogen and oxygen atoms in total. The summed E-state index contributed by atoms with van der Waals surface area (Å²) >= 11 is 4.08. The Morgan fingerprint density at radius 3 is 1.70 bits per heavy atom. The maximum atomic E-state index is 12.8. The van der Waals surface area contributed by atoms with Gasteiger partial charge >= 0.3 is 33.3 Å². The van der Waals surface area contributed by atoms with E-state index in [1.54, 1.807) is 0 Å². The molecule has 0 radical (unpaired) electrons. The van der Waals surface area contributed by atoms with Crippen LogP contribution in [0.4, 0.5) is 35.1 Å². The molecule has 1 rings (SSSR count). The molecule has 0 unspecified atom stereocenters. The second-order valence-electron chi connectivity index (χ2n) is 4.84. The van der Waals surface area contributed by atoms with Crippen molar-refractivity contribution in [3.05, 3.63) is 30.3 Å². The number of ether oxygens (including phenoxy) is 1. The van der Waals surface area contributed by atoms with Crippen molar-refractivity contribution in [3.8, 4) is 0 Å². The maximum absolute atomic E-state index is 12.8. The first kappa shape index (κ1) is 25.9. The third-order valence-electron chi connectivity index (χ3n) is 2.69. The number of hydrogen-bond donors (Lipinski definition) is 2. The molecule has 0 aromatic heterocycles. The maximum Gasteiger partial charge on any atom is 0.438 e. The van der Waals surface area contributed by atoms with Crippen LogP contribution in [0, 0.1) is 0 Å². The van der Waals surface area contributed by atoms with E-state index in [1.807, 2.05) is 30.3 Å². The van der Waals surface area contributed by atoms with Crippen LogP contribution in [0.3, 0.4) is 0 Å². The molecule has 1 aromatic carbocycles. The summed E-state index contributed by atoms with van der Waals surface area (Å²) in [5.41, 5.74) is 0. The highest BCUT2D eigenvalue weighted by molar-refractivity contribution is 7.87. The summed E-state index contributed by atoms with van der Waals surface area (Å²) in [5, 5.41) is -6.84. The molecule has 0 spiro atoms. The van der Waals surface area contributed by atoms with E-state index >= 15 is 0 Å². The van der Waals surface area contributed by atoms with Crippen molar-refractivity contribution in [1.82, 2.24) is 0 Å². The summed E-state index contributed by atoms with van der Waals surface area (Å²) in [7, 11) is -7.08. The van der Waals surface area contributed by atoms with Crippen LogP contribution in [0.25, 0.3) is 0 Å². The third-order valence-corrected chi connectivity index (χ3v) is 3.90. The minimum absolute atomic E-state index is 0.341. The van der Waals surface area contributed by atoms with Crippen molar-refractivity contribution in [2.45, 2.75) is 41.4 Å². The van der Waals surface area contributed by atoms with Crippen LogP contribution in [0.15, 0.2) is 35.2 Å². The highest BCUT2D eigenvalue weighted by Crippen LogP contribution is 2.54. The summed E-state index contributed by atoms with van der Waals surface area (Å²) < 4.78 is 133. The van der Waals surface area contributed by atoms with Gasteiger partial charge in [-0.1, -0.05) is 25.1 Å². The molecule has 27 heavy (non-hydrogen) atoms. The Hall–Kier alpha value is -1.12. The Morgan fingerprint density at radius 2 is 1.41 bits per heavy atom. The molecular weight excluding hydrogens is 436 g/mol. The minimum Gasteiger partial charge on any atom is -0.316 e. The van der Waals surface area contributed by atoms with Crippen molar-refractivity contribution < 1.29 is 52.8 Å². The van der Waals surface area contributed by atoms with E-state index in [9.17, 15) is 43.5 Å². The molecule has 0 amide bonds. The normalized spacial score (nSPS) is 13.7. The molecule has 1 aromatic rings. The lowest BCUT2D eigenvalue weighted by Gasteiger charge is -2.34. The van der Waals surface area contributed by atoms with Gasteiger partial charge in [0.2, 0.25) is 0 Å². The van der Waals surface area contributed by atoms with Gasteiger partial charge in [0, 0.05) is 4.90 Å². The SMILES string of the molecule is CCCOC(F)(F)C(F)(F)C(F)(F)C(F)(F)S(=O)(=O)O.Sc1ccccc1. The van der Waals surface area contributed by atoms with Crippen LogP contribution in [0.1, 0.15) is 13.3 Å². The zero-order valence-corrected chi connectivity index (χ0v) is 15.1. The van der Waals surface area contributed by atoms with Crippen LogP contribution >= 0.6 is 12.6 Å².